The number of nitrogens with one attached hydrogen (secondary N) is 1. The molecule has 0 atom stereocenters. The summed E-state index contributed by atoms with van der Waals surface area (Å²) < 4.78 is 17.4. The summed E-state index contributed by atoms with van der Waals surface area (Å²) >= 11 is 2.17. The number of ether oxygens (including phenoxy) is 3. The van der Waals surface area contributed by atoms with Crippen molar-refractivity contribution in [2.45, 2.75) is 43.9 Å². The van der Waals surface area contributed by atoms with Crippen molar-refractivity contribution in [3.63, 3.8) is 0 Å². The molecule has 4 rings (SSSR count). The summed E-state index contributed by atoms with van der Waals surface area (Å²) in [7, 11) is 4.32. The van der Waals surface area contributed by atoms with Gasteiger partial charge in [0, 0.05) is 12.6 Å². The Labute approximate surface area is 222 Å². The van der Waals surface area contributed by atoms with E-state index >= 15 is 0 Å². The number of thioether (sulfide) groups is 1. The largest absolute Gasteiger partial charge is 0.490 e. The molecule has 2 heterocycles. The van der Waals surface area contributed by atoms with Gasteiger partial charge in [-0.25, -0.2) is 9.59 Å². The van der Waals surface area contributed by atoms with Crippen molar-refractivity contribution in [3.8, 4) is 17.1 Å². The highest BCUT2D eigenvalue weighted by atomic mass is 32.2. The Morgan fingerprint density at radius 1 is 1.08 bits per heavy atom. The zero-order valence-corrected chi connectivity index (χ0v) is 22.7. The fourth-order valence-corrected chi connectivity index (χ4v) is 5.94. The Morgan fingerprint density at radius 3 is 2.41 bits per heavy atom. The Bertz CT molecular complexity index is 1300. The predicted molar refractivity (Wildman–Crippen MR) is 140 cm³/mol. The van der Waals surface area contributed by atoms with Crippen molar-refractivity contribution in [2.24, 2.45) is 7.05 Å². The highest BCUT2D eigenvalue weighted by Crippen LogP contribution is 2.34. The molecule has 0 saturated heterocycles. The average Bonchev–Trinajstić information content (AvgIpc) is 3.62. The zero-order valence-electron chi connectivity index (χ0n) is 21.0. The minimum atomic E-state index is -0.649. The first-order chi connectivity index (χ1) is 17.8. The number of carbonyl (C=O) groups excluding carboxylic acids is 3. The summed E-state index contributed by atoms with van der Waals surface area (Å²) in [5.41, 5.74) is 1.41. The van der Waals surface area contributed by atoms with Crippen LogP contribution >= 0.6 is 23.1 Å². The molecule has 1 saturated carbocycles. The average molecular weight is 545 g/mol. The smallest absolute Gasteiger partial charge is 0.348 e. The normalized spacial score (nSPS) is 13.4. The first kappa shape index (κ1) is 26.7. The van der Waals surface area contributed by atoms with Crippen LogP contribution in [0, 0.1) is 6.92 Å². The van der Waals surface area contributed by atoms with Crippen LogP contribution in [0.4, 0.5) is 5.00 Å². The molecule has 3 aromatic rings. The van der Waals surface area contributed by atoms with Crippen LogP contribution in [0.5, 0.6) is 5.75 Å². The second kappa shape index (κ2) is 11.8. The molecule has 0 radical (unpaired) electrons. The lowest BCUT2D eigenvalue weighted by molar-refractivity contribution is -0.113. The van der Waals surface area contributed by atoms with Crippen molar-refractivity contribution in [1.29, 1.82) is 0 Å². The first-order valence-corrected chi connectivity index (χ1v) is 13.5. The minimum Gasteiger partial charge on any atom is -0.490 e. The van der Waals surface area contributed by atoms with Gasteiger partial charge < -0.3 is 24.1 Å². The lowest BCUT2D eigenvalue weighted by Gasteiger charge is -2.13. The zero-order chi connectivity index (χ0) is 26.5. The number of anilines is 1. The van der Waals surface area contributed by atoms with Gasteiger partial charge in [-0.1, -0.05) is 11.8 Å². The van der Waals surface area contributed by atoms with E-state index in [0.29, 0.717) is 22.6 Å². The lowest BCUT2D eigenvalue weighted by Crippen LogP contribution is -2.16. The molecule has 10 nitrogen and oxygen atoms in total. The molecule has 0 unspecified atom stereocenters. The van der Waals surface area contributed by atoms with Crippen molar-refractivity contribution < 1.29 is 28.6 Å². The van der Waals surface area contributed by atoms with Gasteiger partial charge in [0.25, 0.3) is 0 Å². The first-order valence-electron chi connectivity index (χ1n) is 11.7. The highest BCUT2D eigenvalue weighted by molar-refractivity contribution is 7.99. The number of esters is 2. The van der Waals surface area contributed by atoms with Gasteiger partial charge in [-0.15, -0.1) is 21.5 Å². The summed E-state index contributed by atoms with van der Waals surface area (Å²) in [4.78, 5) is 37.3. The fourth-order valence-electron chi connectivity index (χ4n) is 4.10. The number of hydrogen-bond acceptors (Lipinski definition) is 10. The molecule has 1 aliphatic carbocycles. The molecule has 0 aliphatic heterocycles. The van der Waals surface area contributed by atoms with E-state index in [1.54, 1.807) is 6.92 Å². The number of rotatable bonds is 9. The number of carbonyl (C=O) groups is 3. The molecule has 196 valence electrons. The van der Waals surface area contributed by atoms with Crippen LogP contribution in [0.2, 0.25) is 0 Å². The van der Waals surface area contributed by atoms with E-state index in [1.807, 2.05) is 35.9 Å². The maximum Gasteiger partial charge on any atom is 0.348 e. The van der Waals surface area contributed by atoms with Crippen LogP contribution in [0.1, 0.15) is 51.3 Å². The van der Waals surface area contributed by atoms with E-state index < -0.39 is 11.9 Å². The summed E-state index contributed by atoms with van der Waals surface area (Å²) in [5.74, 6) is -0.0809. The number of hydrogen-bond donors (Lipinski definition) is 1. The molecular formula is C25H28N4O6S2. The van der Waals surface area contributed by atoms with Gasteiger partial charge in [0.15, 0.2) is 11.0 Å². The van der Waals surface area contributed by atoms with Crippen LogP contribution in [-0.4, -0.2) is 58.7 Å². The van der Waals surface area contributed by atoms with E-state index in [2.05, 4.69) is 15.5 Å². The second-order valence-corrected chi connectivity index (χ2v) is 10.5. The van der Waals surface area contributed by atoms with Crippen molar-refractivity contribution in [2.75, 3.05) is 25.3 Å². The quantitative estimate of drug-likeness (QED) is 0.307. The Balaban J connectivity index is 1.41. The maximum atomic E-state index is 12.7. The topological polar surface area (TPSA) is 122 Å². The van der Waals surface area contributed by atoms with Gasteiger partial charge in [0.1, 0.15) is 15.6 Å². The van der Waals surface area contributed by atoms with E-state index in [4.69, 9.17) is 14.2 Å². The fraction of sp³-hybridized carbons (Fsp3) is 0.400. The Kier molecular flexibility index (Phi) is 8.49. The molecule has 0 bridgehead atoms. The number of aromatic nitrogens is 3. The molecule has 2 aromatic heterocycles. The molecule has 1 amide bonds. The lowest BCUT2D eigenvalue weighted by atomic mass is 10.1. The number of benzene rings is 1. The number of thiophene rings is 1. The third kappa shape index (κ3) is 5.96. The monoisotopic (exact) mass is 544 g/mol. The molecule has 1 aliphatic rings. The highest BCUT2D eigenvalue weighted by Gasteiger charge is 2.27. The molecule has 37 heavy (non-hydrogen) atoms. The van der Waals surface area contributed by atoms with Crippen molar-refractivity contribution in [3.05, 3.63) is 40.3 Å². The van der Waals surface area contributed by atoms with E-state index in [-0.39, 0.29) is 27.1 Å². The minimum absolute atomic E-state index is 0.0191. The predicted octanol–water partition coefficient (Wildman–Crippen LogP) is 4.48. The van der Waals surface area contributed by atoms with Gasteiger partial charge in [0.2, 0.25) is 5.91 Å². The SMILES string of the molecule is COC(=O)c1sc(NC(=O)CSc2nnc(-c3ccc(OC4CCCC4)cc3)n2C)c(C(=O)OC)c1C. The van der Waals surface area contributed by atoms with Gasteiger partial charge in [-0.05, 0) is 62.4 Å². The third-order valence-corrected chi connectivity index (χ3v) is 8.25. The number of methoxy groups -OCH3 is 2. The van der Waals surface area contributed by atoms with Gasteiger partial charge >= 0.3 is 11.9 Å². The van der Waals surface area contributed by atoms with Gasteiger partial charge in [-0.2, -0.15) is 0 Å². The number of amides is 1. The van der Waals surface area contributed by atoms with Gasteiger partial charge in [-0.3, -0.25) is 4.79 Å². The number of nitrogens with zero attached hydrogens (tertiary/aromatic N) is 3. The summed E-state index contributed by atoms with van der Waals surface area (Å²) in [6, 6.07) is 7.77. The van der Waals surface area contributed by atoms with E-state index in [0.717, 1.165) is 35.5 Å². The molecule has 12 heteroatoms. The van der Waals surface area contributed by atoms with E-state index in [1.165, 1.54) is 38.8 Å². The summed E-state index contributed by atoms with van der Waals surface area (Å²) in [5, 5.41) is 12.0. The molecule has 1 fully saturated rings. The van der Waals surface area contributed by atoms with Crippen LogP contribution in [0.25, 0.3) is 11.4 Å². The Hall–Kier alpha value is -3.38. The summed E-state index contributed by atoms with van der Waals surface area (Å²) in [6.45, 7) is 1.61. The molecule has 1 aromatic carbocycles. The molecule has 0 spiro atoms. The van der Waals surface area contributed by atoms with Crippen LogP contribution < -0.4 is 10.1 Å². The standard InChI is InChI=1S/C25H28N4O6S2/c1-14-19(23(31)33-3)22(37-20(14)24(32)34-4)26-18(30)13-36-25-28-27-21(29(25)2)15-9-11-17(12-10-15)35-16-7-5-6-8-16/h9-12,16H,5-8,13H2,1-4H3,(H,26,30). The van der Waals surface area contributed by atoms with Crippen LogP contribution in [-0.2, 0) is 21.3 Å². The Morgan fingerprint density at radius 2 is 1.76 bits per heavy atom. The van der Waals surface area contributed by atoms with Crippen molar-refractivity contribution in [1.82, 2.24) is 14.8 Å². The van der Waals surface area contributed by atoms with Gasteiger partial charge in [0.05, 0.1) is 31.6 Å². The van der Waals surface area contributed by atoms with E-state index in [9.17, 15) is 14.4 Å². The maximum absolute atomic E-state index is 12.7. The molecular weight excluding hydrogens is 516 g/mol. The molecule has 1 N–H and O–H groups in total. The van der Waals surface area contributed by atoms with Crippen LogP contribution in [0.3, 0.4) is 0 Å². The van der Waals surface area contributed by atoms with Crippen LogP contribution in [0.15, 0.2) is 29.4 Å². The summed E-state index contributed by atoms with van der Waals surface area (Å²) in [6.07, 6.45) is 4.93. The van der Waals surface area contributed by atoms with Crippen molar-refractivity contribution >= 4 is 45.9 Å². The third-order valence-electron chi connectivity index (χ3n) is 6.04. The second-order valence-electron chi connectivity index (χ2n) is 8.49.